The van der Waals surface area contributed by atoms with E-state index in [1.54, 1.807) is 22.7 Å². The monoisotopic (exact) mass is 1090 g/mol. The molecule has 0 aliphatic rings. The second-order valence-corrected chi connectivity index (χ2v) is 23.8. The third-order valence-electron chi connectivity index (χ3n) is 17.5. The summed E-state index contributed by atoms with van der Waals surface area (Å²) in [6, 6.07) is 87.9. The summed E-state index contributed by atoms with van der Waals surface area (Å²) >= 11 is 3.57. The zero-order valence-corrected chi connectivity index (χ0v) is 46.1. The molecule has 0 saturated heterocycles. The second kappa shape index (κ2) is 17.1. The van der Waals surface area contributed by atoms with E-state index < -0.39 is 0 Å². The molecule has 384 valence electrons. The molecule has 6 nitrogen and oxygen atoms in total. The number of aryl methyl sites for hydroxylation is 1. The van der Waals surface area contributed by atoms with E-state index in [0.717, 1.165) is 130 Å². The predicted octanol–water partition coefficient (Wildman–Crippen LogP) is 21.2. The van der Waals surface area contributed by atoms with E-state index in [1.807, 2.05) is 0 Å². The first-order chi connectivity index (χ1) is 41.1. The smallest absolute Gasteiger partial charge is 0.237 e. The number of fused-ring (bicyclic) bond motifs is 20. The molecule has 18 aromatic rings. The number of nitrogens with zero attached hydrogens (tertiary/aromatic N) is 6. The van der Waals surface area contributed by atoms with Crippen LogP contribution in [0.25, 0.3) is 166 Å². The summed E-state index contributed by atoms with van der Waals surface area (Å²) in [4.78, 5) is 4.93. The lowest BCUT2D eigenvalue weighted by molar-refractivity contribution is 1.04. The average Bonchev–Trinajstić information content (AvgIpc) is 2.28. The Morgan fingerprint density at radius 2 is 0.771 bits per heavy atom. The number of aromatic nitrogens is 4. The normalized spacial score (nSPS) is 12.1. The molecule has 0 atom stereocenters. The molecule has 12 aromatic carbocycles. The Morgan fingerprint density at radius 1 is 0.349 bits per heavy atom. The largest absolute Gasteiger partial charge is 0.317 e. The molecular formula is C75H42N6S2. The van der Waals surface area contributed by atoms with Gasteiger partial charge in [0.1, 0.15) is 6.07 Å². The van der Waals surface area contributed by atoms with Gasteiger partial charge in [-0.05, 0) is 78.7 Å². The van der Waals surface area contributed by atoms with Crippen molar-refractivity contribution in [2.45, 2.75) is 6.92 Å². The van der Waals surface area contributed by atoms with Crippen molar-refractivity contribution in [1.29, 1.82) is 5.26 Å². The molecular weight excluding hydrogens is 1050 g/mol. The molecule has 0 spiro atoms. The lowest BCUT2D eigenvalue weighted by Crippen LogP contribution is -2.14. The lowest BCUT2D eigenvalue weighted by Gasteiger charge is -2.27. The number of hydrogen-bond donors (Lipinski definition) is 0. The van der Waals surface area contributed by atoms with Crippen LogP contribution in [0.15, 0.2) is 237 Å². The second-order valence-electron chi connectivity index (χ2n) is 21.7. The van der Waals surface area contributed by atoms with Crippen molar-refractivity contribution >= 4 is 156 Å². The van der Waals surface area contributed by atoms with Crippen molar-refractivity contribution in [2.24, 2.45) is 0 Å². The van der Waals surface area contributed by atoms with Crippen LogP contribution in [0.4, 0.5) is 5.69 Å². The molecule has 0 radical (unpaired) electrons. The van der Waals surface area contributed by atoms with Crippen LogP contribution in [-0.2, 0) is 0 Å². The fraction of sp³-hybridized carbons (Fsp3) is 0.0133. The summed E-state index contributed by atoms with van der Waals surface area (Å²) in [7, 11) is 0. The van der Waals surface area contributed by atoms with Gasteiger partial charge in [-0.15, -0.1) is 22.7 Å². The van der Waals surface area contributed by atoms with Crippen LogP contribution >= 0.6 is 22.7 Å². The fourth-order valence-corrected chi connectivity index (χ4v) is 16.5. The van der Waals surface area contributed by atoms with Gasteiger partial charge in [-0.2, -0.15) is 5.26 Å². The summed E-state index contributed by atoms with van der Waals surface area (Å²) in [6.07, 6.45) is 0. The topological polar surface area (TPSA) is 47.9 Å². The summed E-state index contributed by atoms with van der Waals surface area (Å²) in [6.45, 7) is 12.2. The van der Waals surface area contributed by atoms with Gasteiger partial charge in [0.15, 0.2) is 0 Å². The fourth-order valence-electron chi connectivity index (χ4n) is 14.0. The van der Waals surface area contributed by atoms with Crippen molar-refractivity contribution in [1.82, 2.24) is 18.3 Å². The molecule has 6 aromatic heterocycles. The van der Waals surface area contributed by atoms with E-state index in [2.05, 4.69) is 268 Å². The van der Waals surface area contributed by atoms with Gasteiger partial charge in [0.2, 0.25) is 5.69 Å². The Balaban J connectivity index is 1.17. The molecule has 6 heterocycles. The highest BCUT2D eigenvalue weighted by Gasteiger charge is 2.36. The zero-order chi connectivity index (χ0) is 54.8. The minimum absolute atomic E-state index is 0.365. The molecule has 0 unspecified atom stereocenters. The number of hydrogen-bond acceptors (Lipinski definition) is 3. The van der Waals surface area contributed by atoms with Crippen molar-refractivity contribution < 1.29 is 0 Å². The molecule has 0 aliphatic heterocycles. The number of nitriles is 1. The highest BCUT2D eigenvalue weighted by molar-refractivity contribution is 7.27. The van der Waals surface area contributed by atoms with Crippen LogP contribution in [0.3, 0.4) is 0 Å². The van der Waals surface area contributed by atoms with Crippen LogP contribution in [0.1, 0.15) is 11.1 Å². The Kier molecular flexibility index (Phi) is 9.51. The van der Waals surface area contributed by atoms with Crippen molar-refractivity contribution in [3.8, 4) is 39.9 Å². The molecule has 0 N–H and O–H groups in total. The molecule has 18 rings (SSSR count). The SMILES string of the molecule is [C-]#[N+]c1c(-n2c3ccccc3c3ccccc32)c(-n2c3ccc(-c4ccccc4)cc3c3ccc4c5ccccc5sc4c32)c(-n2c3ccccc3c3ccccc32)c(C#N)c1-n1c2ccc(C)cc2c2ccc3c4ccccc4sc3c21. The van der Waals surface area contributed by atoms with Crippen molar-refractivity contribution in [2.75, 3.05) is 0 Å². The van der Waals surface area contributed by atoms with Gasteiger partial charge in [-0.25, -0.2) is 4.85 Å². The van der Waals surface area contributed by atoms with Gasteiger partial charge in [0, 0.05) is 74.0 Å². The van der Waals surface area contributed by atoms with Crippen molar-refractivity contribution in [3.05, 3.63) is 259 Å². The van der Waals surface area contributed by atoms with E-state index in [0.29, 0.717) is 28.3 Å². The third-order valence-corrected chi connectivity index (χ3v) is 19.8. The van der Waals surface area contributed by atoms with Crippen LogP contribution in [0.2, 0.25) is 0 Å². The van der Waals surface area contributed by atoms with Gasteiger partial charge in [-0.1, -0.05) is 181 Å². The maximum atomic E-state index is 12.9. The maximum absolute atomic E-state index is 12.9. The molecule has 0 aliphatic carbocycles. The molecule has 0 amide bonds. The van der Waals surface area contributed by atoms with Gasteiger partial charge in [0.05, 0.1) is 88.4 Å². The van der Waals surface area contributed by atoms with Gasteiger partial charge >= 0.3 is 0 Å². The van der Waals surface area contributed by atoms with Gasteiger partial charge < -0.3 is 18.3 Å². The summed E-state index contributed by atoms with van der Waals surface area (Å²) < 4.78 is 14.0. The number of rotatable bonds is 5. The quantitative estimate of drug-likeness (QED) is 0.158. The first kappa shape index (κ1) is 46.1. The van der Waals surface area contributed by atoms with Crippen LogP contribution in [0.5, 0.6) is 0 Å². The first-order valence-electron chi connectivity index (χ1n) is 27.8. The van der Waals surface area contributed by atoms with E-state index in [1.165, 1.54) is 20.2 Å². The van der Waals surface area contributed by atoms with Gasteiger partial charge in [-0.3, -0.25) is 0 Å². The molecule has 0 saturated carbocycles. The lowest BCUT2D eigenvalue weighted by atomic mass is 10.0. The van der Waals surface area contributed by atoms with Crippen molar-refractivity contribution in [3.63, 3.8) is 0 Å². The molecule has 0 bridgehead atoms. The minimum atomic E-state index is 0.365. The standard InChI is InChI=1S/C75H42N6S2/c1-43-32-38-63-56(40-43)52-34-36-54-50-24-10-16-30-65(50)82-74(54)70(52)80(63)68-58(42-76)69(78-59-26-12-6-20-46(59)47-21-7-13-27-60(47)78)73(72(67(68)77-2)79-61-28-14-8-22-48(61)49-23-9-15-29-62(49)79)81-64-39-33-45(44-18-4-3-5-19-44)41-57(64)53-35-37-55-51-25-11-17-31-66(51)83-75(55)71(53)81/h3-41H,1H3. The van der Waals surface area contributed by atoms with E-state index in [-0.39, 0.29) is 0 Å². The van der Waals surface area contributed by atoms with E-state index in [9.17, 15) is 11.8 Å². The first-order valence-corrected chi connectivity index (χ1v) is 29.5. The Morgan fingerprint density at radius 3 is 1.29 bits per heavy atom. The Bertz CT molecular complexity index is 5720. The Labute approximate surface area is 482 Å². The van der Waals surface area contributed by atoms with Crippen LogP contribution in [-0.4, -0.2) is 18.3 Å². The van der Waals surface area contributed by atoms with Crippen LogP contribution in [0, 0.1) is 24.8 Å². The predicted molar refractivity (Wildman–Crippen MR) is 351 cm³/mol. The maximum Gasteiger partial charge on any atom is 0.237 e. The summed E-state index contributed by atoms with van der Waals surface area (Å²) in [5.74, 6) is 0. The zero-order valence-electron chi connectivity index (χ0n) is 44.5. The molecule has 83 heavy (non-hydrogen) atoms. The highest BCUT2D eigenvalue weighted by Crippen LogP contribution is 2.54. The summed E-state index contributed by atoms with van der Waals surface area (Å²) in [5, 5.41) is 26.1. The number of benzene rings is 12. The van der Waals surface area contributed by atoms with Crippen LogP contribution < -0.4 is 0 Å². The third kappa shape index (κ3) is 6.18. The molecule has 0 fully saturated rings. The summed E-state index contributed by atoms with van der Waals surface area (Å²) in [5.41, 5.74) is 14.4. The van der Waals surface area contributed by atoms with E-state index >= 15 is 0 Å². The number of thiophene rings is 2. The Hall–Kier alpha value is -10.7. The highest BCUT2D eigenvalue weighted by atomic mass is 32.1. The van der Waals surface area contributed by atoms with Gasteiger partial charge in [0.25, 0.3) is 0 Å². The number of para-hydroxylation sites is 4. The van der Waals surface area contributed by atoms with E-state index in [4.69, 9.17) is 4.85 Å². The minimum Gasteiger partial charge on any atom is -0.317 e. The molecule has 8 heteroatoms. The average molecular weight is 1090 g/mol.